The summed E-state index contributed by atoms with van der Waals surface area (Å²) in [5, 5.41) is 1.99. The van der Waals surface area contributed by atoms with Gasteiger partial charge in [0.2, 0.25) is 0 Å². The van der Waals surface area contributed by atoms with E-state index >= 15 is 0 Å². The zero-order chi connectivity index (χ0) is 19.2. The Morgan fingerprint density at radius 1 is 1.35 bits per heavy atom. The Hall–Kier alpha value is -2.81. The van der Waals surface area contributed by atoms with Crippen LogP contribution >= 0.6 is 0 Å². The normalized spacial score (nSPS) is 12.3. The van der Waals surface area contributed by atoms with Gasteiger partial charge in [0.1, 0.15) is 18.1 Å². The topological polar surface area (TPSA) is 86.5 Å². The number of methoxy groups -OCH3 is 1. The Kier molecular flexibility index (Phi) is 6.40. The first kappa shape index (κ1) is 19.5. The van der Waals surface area contributed by atoms with E-state index in [4.69, 9.17) is 15.2 Å². The number of nitrogens with two attached hydrogens (primary N) is 1. The minimum atomic E-state index is -4.69. The van der Waals surface area contributed by atoms with E-state index in [1.54, 1.807) is 0 Å². The van der Waals surface area contributed by atoms with Crippen LogP contribution in [-0.2, 0) is 0 Å². The molecule has 0 radical (unpaired) electrons. The van der Waals surface area contributed by atoms with Gasteiger partial charge in [0.05, 0.1) is 12.7 Å². The molecule has 9 heteroatoms. The van der Waals surface area contributed by atoms with E-state index in [0.29, 0.717) is 5.75 Å². The van der Waals surface area contributed by atoms with E-state index in [2.05, 4.69) is 4.98 Å². The molecule has 1 atom stereocenters. The molecule has 0 spiro atoms. The number of ether oxygens (including phenoxy) is 2. The first-order valence-corrected chi connectivity index (χ1v) is 7.65. The molecule has 2 rings (SSSR count). The van der Waals surface area contributed by atoms with Crippen LogP contribution in [0.1, 0.15) is 22.0 Å². The number of carbonyl (C=O) groups is 1. The smallest absolute Gasteiger partial charge is 0.412 e. The number of alkyl halides is 3. The number of benzene rings is 1. The van der Waals surface area contributed by atoms with Crippen molar-refractivity contribution in [2.45, 2.75) is 12.2 Å². The number of pyridine rings is 1. The number of rotatable bonds is 7. The van der Waals surface area contributed by atoms with Crippen LogP contribution in [0.3, 0.4) is 0 Å². The summed E-state index contributed by atoms with van der Waals surface area (Å²) in [6.07, 6.45) is -2.29. The van der Waals surface area contributed by atoms with Crippen molar-refractivity contribution < 1.29 is 27.4 Å². The van der Waals surface area contributed by atoms with Crippen molar-refractivity contribution in [2.24, 2.45) is 5.73 Å². The van der Waals surface area contributed by atoms with Crippen LogP contribution in [0.4, 0.5) is 13.2 Å². The lowest BCUT2D eigenvalue weighted by Gasteiger charge is -2.22. The third-order valence-corrected chi connectivity index (χ3v) is 3.43. The highest BCUT2D eigenvalue weighted by molar-refractivity contribution is 5.97. The largest absolute Gasteiger partial charge is 0.497 e. The number of nitrogens with one attached hydrogen (secondary N) is 1. The molecule has 3 N–H and O–H groups in total. The fourth-order valence-corrected chi connectivity index (χ4v) is 2.22. The van der Waals surface area contributed by atoms with Gasteiger partial charge in [-0.1, -0.05) is 6.07 Å². The van der Waals surface area contributed by atoms with E-state index < -0.39 is 18.1 Å². The van der Waals surface area contributed by atoms with Gasteiger partial charge in [-0.25, -0.2) is 0 Å². The van der Waals surface area contributed by atoms with E-state index in [0.717, 1.165) is 6.20 Å². The molecular weight excluding hydrogens is 351 g/mol. The number of halogens is 3. The van der Waals surface area contributed by atoms with Gasteiger partial charge in [0.15, 0.2) is 6.04 Å². The van der Waals surface area contributed by atoms with Crippen LogP contribution in [0, 0.1) is 0 Å². The maximum absolute atomic E-state index is 13.4. The van der Waals surface area contributed by atoms with Crippen molar-refractivity contribution in [2.75, 3.05) is 20.3 Å². The number of carbonyl (C=O) groups excluding carboxylic acids is 1. The number of nitrogens with zero attached hydrogens (tertiary/aromatic N) is 1. The molecular formula is C17H18F3N3O3. The highest BCUT2D eigenvalue weighted by Crippen LogP contribution is 2.33. The molecule has 6 nitrogen and oxygen atoms in total. The maximum atomic E-state index is 13.4. The summed E-state index contributed by atoms with van der Waals surface area (Å²) in [5.41, 5.74) is 5.14. The Labute approximate surface area is 148 Å². The number of aromatic nitrogens is 1. The predicted molar refractivity (Wildman–Crippen MR) is 88.0 cm³/mol. The number of amides is 1. The third-order valence-electron chi connectivity index (χ3n) is 3.43. The predicted octanol–water partition coefficient (Wildman–Crippen LogP) is 2.46. The molecule has 0 fully saturated rings. The van der Waals surface area contributed by atoms with Gasteiger partial charge < -0.3 is 20.5 Å². The molecule has 0 saturated heterocycles. The van der Waals surface area contributed by atoms with Gasteiger partial charge in [-0.15, -0.1) is 0 Å². The lowest BCUT2D eigenvalue weighted by Crippen LogP contribution is -2.38. The molecule has 0 bridgehead atoms. The van der Waals surface area contributed by atoms with Gasteiger partial charge in [-0.2, -0.15) is 13.2 Å². The summed E-state index contributed by atoms with van der Waals surface area (Å²) in [4.78, 5) is 16.1. The van der Waals surface area contributed by atoms with E-state index in [1.165, 1.54) is 43.6 Å². The summed E-state index contributed by atoms with van der Waals surface area (Å²) in [5.74, 6) is -0.460. The molecule has 140 valence electrons. The molecule has 0 aliphatic carbocycles. The Morgan fingerprint density at radius 2 is 2.12 bits per heavy atom. The standard InChI is InChI=1S/C17H18F3N3O3/c1-25-12-4-5-13(14(9-12)26-8-6-21)16(24)23-15(17(18,19)20)11-3-2-7-22-10-11/h2-5,7,9-10,15H,6,8,21H2,1H3,(H,23,24)/t15-/m0/s1. The molecule has 1 aromatic heterocycles. The van der Waals surface area contributed by atoms with Crippen LogP contribution in [0.15, 0.2) is 42.7 Å². The van der Waals surface area contributed by atoms with E-state index in [-0.39, 0.29) is 30.0 Å². The average Bonchev–Trinajstić information content (AvgIpc) is 2.63. The molecule has 1 aromatic carbocycles. The molecule has 26 heavy (non-hydrogen) atoms. The molecule has 2 aromatic rings. The fraction of sp³-hybridized carbons (Fsp3) is 0.294. The Balaban J connectivity index is 2.32. The third kappa shape index (κ3) is 4.85. The molecule has 0 aliphatic heterocycles. The second-order valence-electron chi connectivity index (χ2n) is 5.23. The van der Waals surface area contributed by atoms with Crippen molar-refractivity contribution >= 4 is 5.91 Å². The SMILES string of the molecule is COc1ccc(C(=O)N[C@@H](c2cccnc2)C(F)(F)F)c(OCCN)c1. The van der Waals surface area contributed by atoms with Crippen LogP contribution in [0.5, 0.6) is 11.5 Å². The van der Waals surface area contributed by atoms with Crippen LogP contribution < -0.4 is 20.5 Å². The number of hydrogen-bond donors (Lipinski definition) is 2. The molecule has 0 saturated carbocycles. The second-order valence-corrected chi connectivity index (χ2v) is 5.23. The van der Waals surface area contributed by atoms with Gasteiger partial charge in [-0.05, 0) is 18.2 Å². The summed E-state index contributed by atoms with van der Waals surface area (Å²) >= 11 is 0. The Morgan fingerprint density at radius 3 is 2.69 bits per heavy atom. The zero-order valence-corrected chi connectivity index (χ0v) is 13.9. The van der Waals surface area contributed by atoms with Gasteiger partial charge in [0, 0.05) is 30.6 Å². The lowest BCUT2D eigenvalue weighted by atomic mass is 10.1. The van der Waals surface area contributed by atoms with Gasteiger partial charge in [-0.3, -0.25) is 9.78 Å². The van der Waals surface area contributed by atoms with Crippen molar-refractivity contribution in [1.29, 1.82) is 0 Å². The van der Waals surface area contributed by atoms with Crippen molar-refractivity contribution in [3.8, 4) is 11.5 Å². The fourth-order valence-electron chi connectivity index (χ4n) is 2.22. The molecule has 0 unspecified atom stereocenters. The molecule has 1 amide bonds. The van der Waals surface area contributed by atoms with Crippen molar-refractivity contribution in [1.82, 2.24) is 10.3 Å². The molecule has 1 heterocycles. The van der Waals surface area contributed by atoms with Crippen molar-refractivity contribution in [3.63, 3.8) is 0 Å². The lowest BCUT2D eigenvalue weighted by molar-refractivity contribution is -0.155. The van der Waals surface area contributed by atoms with E-state index in [9.17, 15) is 18.0 Å². The van der Waals surface area contributed by atoms with Gasteiger partial charge >= 0.3 is 6.18 Å². The second kappa shape index (κ2) is 8.52. The first-order chi connectivity index (χ1) is 12.4. The number of hydrogen-bond acceptors (Lipinski definition) is 5. The zero-order valence-electron chi connectivity index (χ0n) is 13.9. The minimum Gasteiger partial charge on any atom is -0.497 e. The minimum absolute atomic E-state index is 0.0580. The maximum Gasteiger partial charge on any atom is 0.412 e. The highest BCUT2D eigenvalue weighted by Gasteiger charge is 2.42. The summed E-state index contributed by atoms with van der Waals surface area (Å²) in [7, 11) is 1.42. The first-order valence-electron chi connectivity index (χ1n) is 7.65. The van der Waals surface area contributed by atoms with Crippen molar-refractivity contribution in [3.05, 3.63) is 53.9 Å². The van der Waals surface area contributed by atoms with E-state index in [1.807, 2.05) is 5.32 Å². The van der Waals surface area contributed by atoms with Crippen LogP contribution in [-0.4, -0.2) is 37.3 Å². The summed E-state index contributed by atoms with van der Waals surface area (Å²) < 4.78 is 50.6. The van der Waals surface area contributed by atoms with Gasteiger partial charge in [0.25, 0.3) is 5.91 Å². The average molecular weight is 369 g/mol. The van der Waals surface area contributed by atoms with Crippen LogP contribution in [0.25, 0.3) is 0 Å². The summed E-state index contributed by atoms with van der Waals surface area (Å²) in [6.45, 7) is 0.276. The van der Waals surface area contributed by atoms with Crippen LogP contribution in [0.2, 0.25) is 0 Å². The summed E-state index contributed by atoms with van der Waals surface area (Å²) in [6, 6.07) is 4.60. The Bertz CT molecular complexity index is 739. The quantitative estimate of drug-likeness (QED) is 0.783. The highest BCUT2D eigenvalue weighted by atomic mass is 19.4. The monoisotopic (exact) mass is 369 g/mol. The molecule has 0 aliphatic rings.